The molecule has 1 atom stereocenters. The lowest BCUT2D eigenvalue weighted by Gasteiger charge is -2.29. The molecule has 2 rings (SSSR count). The van der Waals surface area contributed by atoms with Crippen molar-refractivity contribution in [3.05, 3.63) is 69.2 Å². The van der Waals surface area contributed by atoms with Crippen LogP contribution in [0.2, 0.25) is 10.0 Å². The van der Waals surface area contributed by atoms with Gasteiger partial charge in [-0.15, -0.1) is 0 Å². The third-order valence-electron chi connectivity index (χ3n) is 3.77. The molecule has 0 heterocycles. The predicted molar refractivity (Wildman–Crippen MR) is 90.9 cm³/mol. The maximum Gasteiger partial charge on any atom is 0.0500 e. The lowest BCUT2D eigenvalue weighted by atomic mass is 10.0. The van der Waals surface area contributed by atoms with Crippen molar-refractivity contribution in [3.8, 4) is 0 Å². The Hall–Kier alpha value is -1.06. The Labute approximate surface area is 136 Å². The van der Waals surface area contributed by atoms with E-state index in [9.17, 15) is 0 Å². The van der Waals surface area contributed by atoms with Gasteiger partial charge in [0.25, 0.3) is 0 Å². The second kappa shape index (κ2) is 7.28. The minimum atomic E-state index is -0.00851. The molecule has 2 aromatic carbocycles. The van der Waals surface area contributed by atoms with Crippen LogP contribution in [-0.2, 0) is 6.54 Å². The molecule has 0 bridgehead atoms. The molecule has 0 aliphatic carbocycles. The summed E-state index contributed by atoms with van der Waals surface area (Å²) in [6.45, 7) is 3.38. The van der Waals surface area contributed by atoms with E-state index in [0.717, 1.165) is 12.1 Å². The highest BCUT2D eigenvalue weighted by Crippen LogP contribution is 2.33. The normalized spacial score (nSPS) is 12.7. The Morgan fingerprint density at radius 3 is 2.24 bits per heavy atom. The van der Waals surface area contributed by atoms with Crippen LogP contribution in [0.4, 0.5) is 0 Å². The van der Waals surface area contributed by atoms with Gasteiger partial charge >= 0.3 is 0 Å². The zero-order valence-corrected chi connectivity index (χ0v) is 13.8. The summed E-state index contributed by atoms with van der Waals surface area (Å²) in [6.07, 6.45) is 0. The maximum atomic E-state index is 6.31. The van der Waals surface area contributed by atoms with Gasteiger partial charge in [-0.05, 0) is 37.2 Å². The zero-order valence-electron chi connectivity index (χ0n) is 12.3. The van der Waals surface area contributed by atoms with Crippen LogP contribution in [0, 0.1) is 6.92 Å². The number of nitrogens with zero attached hydrogens (tertiary/aromatic N) is 1. The van der Waals surface area contributed by atoms with Gasteiger partial charge < -0.3 is 5.73 Å². The smallest absolute Gasteiger partial charge is 0.0500 e. The van der Waals surface area contributed by atoms with Gasteiger partial charge in [0.1, 0.15) is 0 Å². The Bertz CT molecular complexity index is 593. The van der Waals surface area contributed by atoms with Crippen molar-refractivity contribution in [2.75, 3.05) is 13.6 Å². The standard InChI is InChI=1S/C17H20Cl2N2/c1-12-6-3-4-7-13(12)11-21(2)16(10-20)17-14(18)8-5-9-15(17)19/h3-9,16H,10-11,20H2,1-2H3. The molecule has 1 unspecified atom stereocenters. The molecular formula is C17H20Cl2N2. The molecule has 2 N–H and O–H groups in total. The van der Waals surface area contributed by atoms with Crippen molar-refractivity contribution < 1.29 is 0 Å². The summed E-state index contributed by atoms with van der Waals surface area (Å²) < 4.78 is 0. The first-order valence-electron chi connectivity index (χ1n) is 6.93. The summed E-state index contributed by atoms with van der Waals surface area (Å²) in [4.78, 5) is 2.19. The minimum Gasteiger partial charge on any atom is -0.329 e. The average Bonchev–Trinajstić information content (AvgIpc) is 2.45. The monoisotopic (exact) mass is 322 g/mol. The average molecular weight is 323 g/mol. The molecule has 0 aliphatic rings. The number of hydrogen-bond donors (Lipinski definition) is 1. The van der Waals surface area contributed by atoms with E-state index in [-0.39, 0.29) is 6.04 Å². The number of hydrogen-bond acceptors (Lipinski definition) is 2. The highest BCUT2D eigenvalue weighted by molar-refractivity contribution is 6.36. The lowest BCUT2D eigenvalue weighted by molar-refractivity contribution is 0.241. The Balaban J connectivity index is 2.27. The molecule has 0 fully saturated rings. The van der Waals surface area contributed by atoms with Crippen LogP contribution in [0.5, 0.6) is 0 Å². The second-order valence-corrected chi connectivity index (χ2v) is 6.04. The SMILES string of the molecule is Cc1ccccc1CN(C)C(CN)c1c(Cl)cccc1Cl. The van der Waals surface area contributed by atoms with E-state index < -0.39 is 0 Å². The number of halogens is 2. The molecule has 4 heteroatoms. The van der Waals surface area contributed by atoms with Gasteiger partial charge in [-0.25, -0.2) is 0 Å². The molecule has 2 nitrogen and oxygen atoms in total. The molecule has 21 heavy (non-hydrogen) atoms. The highest BCUT2D eigenvalue weighted by atomic mass is 35.5. The van der Waals surface area contributed by atoms with E-state index in [0.29, 0.717) is 16.6 Å². The van der Waals surface area contributed by atoms with Crippen molar-refractivity contribution >= 4 is 23.2 Å². The summed E-state index contributed by atoms with van der Waals surface area (Å²) in [5.41, 5.74) is 9.43. The van der Waals surface area contributed by atoms with Crippen molar-refractivity contribution in [3.63, 3.8) is 0 Å². The minimum absolute atomic E-state index is 0.00851. The molecule has 112 valence electrons. The summed E-state index contributed by atoms with van der Waals surface area (Å²) in [7, 11) is 2.05. The van der Waals surface area contributed by atoms with E-state index in [2.05, 4.69) is 30.0 Å². The van der Waals surface area contributed by atoms with Gasteiger partial charge in [-0.3, -0.25) is 4.90 Å². The maximum absolute atomic E-state index is 6.31. The molecule has 0 aromatic heterocycles. The third kappa shape index (κ3) is 3.78. The van der Waals surface area contributed by atoms with Crippen LogP contribution >= 0.6 is 23.2 Å². The van der Waals surface area contributed by atoms with Crippen LogP contribution < -0.4 is 5.73 Å². The Morgan fingerprint density at radius 2 is 1.67 bits per heavy atom. The van der Waals surface area contributed by atoms with Gasteiger partial charge in [0.05, 0.1) is 6.04 Å². The fourth-order valence-corrected chi connectivity index (χ4v) is 3.16. The molecule has 0 amide bonds. The van der Waals surface area contributed by atoms with E-state index >= 15 is 0 Å². The van der Waals surface area contributed by atoms with Crippen molar-refractivity contribution in [1.82, 2.24) is 4.90 Å². The highest BCUT2D eigenvalue weighted by Gasteiger charge is 2.21. The summed E-state index contributed by atoms with van der Waals surface area (Å²) in [5, 5.41) is 1.32. The first-order valence-corrected chi connectivity index (χ1v) is 7.69. The summed E-state index contributed by atoms with van der Waals surface area (Å²) >= 11 is 12.6. The largest absolute Gasteiger partial charge is 0.329 e. The van der Waals surface area contributed by atoms with Crippen LogP contribution in [-0.4, -0.2) is 18.5 Å². The number of aryl methyl sites for hydroxylation is 1. The van der Waals surface area contributed by atoms with Gasteiger partial charge in [-0.1, -0.05) is 53.5 Å². The quantitative estimate of drug-likeness (QED) is 0.882. The topological polar surface area (TPSA) is 29.3 Å². The van der Waals surface area contributed by atoms with Crippen LogP contribution in [0.15, 0.2) is 42.5 Å². The molecule has 0 saturated heterocycles. The van der Waals surface area contributed by atoms with Crippen LogP contribution in [0.3, 0.4) is 0 Å². The van der Waals surface area contributed by atoms with Crippen molar-refractivity contribution in [2.24, 2.45) is 5.73 Å². The van der Waals surface area contributed by atoms with E-state index in [1.807, 2.05) is 31.3 Å². The Kier molecular flexibility index (Phi) is 5.65. The summed E-state index contributed by atoms with van der Waals surface area (Å²) in [5.74, 6) is 0. The zero-order chi connectivity index (χ0) is 15.4. The molecule has 0 aliphatic heterocycles. The molecule has 0 spiro atoms. The number of likely N-dealkylation sites (N-methyl/N-ethyl adjacent to an activating group) is 1. The molecule has 0 radical (unpaired) electrons. The van der Waals surface area contributed by atoms with Gasteiger partial charge in [0.15, 0.2) is 0 Å². The molecule has 0 saturated carbocycles. The molecule has 2 aromatic rings. The van der Waals surface area contributed by atoms with E-state index in [4.69, 9.17) is 28.9 Å². The van der Waals surface area contributed by atoms with E-state index in [1.165, 1.54) is 11.1 Å². The lowest BCUT2D eigenvalue weighted by Crippen LogP contribution is -2.30. The predicted octanol–water partition coefficient (Wildman–Crippen LogP) is 4.43. The number of benzene rings is 2. The van der Waals surface area contributed by atoms with Crippen LogP contribution in [0.1, 0.15) is 22.7 Å². The fraction of sp³-hybridized carbons (Fsp3) is 0.294. The first kappa shape index (κ1) is 16.3. The fourth-order valence-electron chi connectivity index (χ4n) is 2.51. The van der Waals surface area contributed by atoms with Gasteiger partial charge in [-0.2, -0.15) is 0 Å². The third-order valence-corrected chi connectivity index (χ3v) is 4.43. The van der Waals surface area contributed by atoms with Crippen LogP contribution in [0.25, 0.3) is 0 Å². The summed E-state index contributed by atoms with van der Waals surface area (Å²) in [6, 6.07) is 13.9. The Morgan fingerprint density at radius 1 is 1.05 bits per heavy atom. The van der Waals surface area contributed by atoms with E-state index in [1.54, 1.807) is 0 Å². The number of nitrogens with two attached hydrogens (primary N) is 1. The van der Waals surface area contributed by atoms with Crippen molar-refractivity contribution in [1.29, 1.82) is 0 Å². The molecular weight excluding hydrogens is 303 g/mol. The number of rotatable bonds is 5. The van der Waals surface area contributed by atoms with Gasteiger partial charge in [0.2, 0.25) is 0 Å². The second-order valence-electron chi connectivity index (χ2n) is 5.23. The first-order chi connectivity index (χ1) is 10.0. The van der Waals surface area contributed by atoms with Gasteiger partial charge in [0, 0.05) is 28.7 Å². The van der Waals surface area contributed by atoms with Crippen molar-refractivity contribution in [2.45, 2.75) is 19.5 Å².